The van der Waals surface area contributed by atoms with Crippen LogP contribution in [0, 0.1) is 12.8 Å². The molecule has 1 aliphatic rings. The van der Waals surface area contributed by atoms with E-state index in [2.05, 4.69) is 29.9 Å². The van der Waals surface area contributed by atoms with Crippen molar-refractivity contribution in [3.63, 3.8) is 0 Å². The molecule has 1 aromatic rings. The van der Waals surface area contributed by atoms with Crippen LogP contribution in [-0.4, -0.2) is 18.1 Å². The minimum atomic E-state index is 0.634. The van der Waals surface area contributed by atoms with Crippen LogP contribution in [0.2, 0.25) is 0 Å². The van der Waals surface area contributed by atoms with Crippen molar-refractivity contribution in [3.8, 4) is 0 Å². The highest BCUT2D eigenvalue weighted by Gasteiger charge is 2.23. The summed E-state index contributed by atoms with van der Waals surface area (Å²) in [6, 6.07) is 2.73. The van der Waals surface area contributed by atoms with Crippen LogP contribution in [-0.2, 0) is 0 Å². The summed E-state index contributed by atoms with van der Waals surface area (Å²) in [5.74, 6) is 1.89. The average Bonchev–Trinajstić information content (AvgIpc) is 2.32. The molecule has 1 aromatic heterocycles. The molecule has 3 heteroatoms. The second-order valence-electron chi connectivity index (χ2n) is 5.44. The van der Waals surface area contributed by atoms with Crippen LogP contribution in [0.15, 0.2) is 12.3 Å². The highest BCUT2D eigenvalue weighted by atomic mass is 15.2. The van der Waals surface area contributed by atoms with Crippen LogP contribution in [0.1, 0.15) is 38.2 Å². The molecule has 2 N–H and O–H groups in total. The Morgan fingerprint density at radius 3 is 2.82 bits per heavy atom. The van der Waals surface area contributed by atoms with Crippen molar-refractivity contribution in [1.82, 2.24) is 4.98 Å². The molecule has 1 heterocycles. The Morgan fingerprint density at radius 1 is 1.41 bits per heavy atom. The number of nitrogen functional groups attached to an aromatic ring is 1. The first-order valence-electron chi connectivity index (χ1n) is 6.53. The molecule has 0 aliphatic heterocycles. The first-order valence-corrected chi connectivity index (χ1v) is 6.53. The monoisotopic (exact) mass is 233 g/mol. The second-order valence-corrected chi connectivity index (χ2v) is 5.44. The van der Waals surface area contributed by atoms with Crippen LogP contribution in [0.5, 0.6) is 0 Å². The Morgan fingerprint density at radius 2 is 2.18 bits per heavy atom. The summed E-state index contributed by atoms with van der Waals surface area (Å²) < 4.78 is 0. The van der Waals surface area contributed by atoms with E-state index in [1.807, 2.05) is 6.92 Å². The van der Waals surface area contributed by atoms with Crippen LogP contribution >= 0.6 is 0 Å². The first-order chi connectivity index (χ1) is 8.08. The van der Waals surface area contributed by atoms with Gasteiger partial charge in [-0.25, -0.2) is 4.98 Å². The summed E-state index contributed by atoms with van der Waals surface area (Å²) in [6.45, 7) is 4.39. The highest BCUT2D eigenvalue weighted by molar-refractivity contribution is 5.52. The Hall–Kier alpha value is -1.25. The third kappa shape index (κ3) is 2.71. The molecule has 0 aromatic carbocycles. The van der Waals surface area contributed by atoms with E-state index in [0.29, 0.717) is 6.04 Å². The molecule has 3 nitrogen and oxygen atoms in total. The molecule has 0 saturated heterocycles. The number of aryl methyl sites for hydroxylation is 1. The zero-order valence-electron chi connectivity index (χ0n) is 11.1. The van der Waals surface area contributed by atoms with Gasteiger partial charge >= 0.3 is 0 Å². The highest BCUT2D eigenvalue weighted by Crippen LogP contribution is 2.29. The summed E-state index contributed by atoms with van der Waals surface area (Å²) in [4.78, 5) is 6.76. The maximum Gasteiger partial charge on any atom is 0.128 e. The Kier molecular flexibility index (Phi) is 3.55. The first kappa shape index (κ1) is 12.2. The van der Waals surface area contributed by atoms with Crippen LogP contribution in [0.3, 0.4) is 0 Å². The molecule has 94 valence electrons. The molecule has 1 fully saturated rings. The maximum absolute atomic E-state index is 5.81. The van der Waals surface area contributed by atoms with Gasteiger partial charge < -0.3 is 10.6 Å². The fourth-order valence-corrected chi connectivity index (χ4v) is 2.69. The topological polar surface area (TPSA) is 42.2 Å². The van der Waals surface area contributed by atoms with E-state index in [1.54, 1.807) is 6.20 Å². The van der Waals surface area contributed by atoms with E-state index < -0.39 is 0 Å². The summed E-state index contributed by atoms with van der Waals surface area (Å²) in [5.41, 5.74) is 7.70. The number of anilines is 2. The summed E-state index contributed by atoms with van der Waals surface area (Å²) in [5, 5.41) is 0. The predicted molar refractivity (Wildman–Crippen MR) is 73.2 cm³/mol. The lowest BCUT2D eigenvalue weighted by atomic mass is 9.86. The number of hydrogen-bond donors (Lipinski definition) is 1. The van der Waals surface area contributed by atoms with E-state index in [9.17, 15) is 0 Å². The van der Waals surface area contributed by atoms with Crippen LogP contribution in [0.4, 0.5) is 11.5 Å². The van der Waals surface area contributed by atoms with Gasteiger partial charge in [-0.05, 0) is 37.3 Å². The van der Waals surface area contributed by atoms with Gasteiger partial charge in [0.05, 0.1) is 11.9 Å². The van der Waals surface area contributed by atoms with Crippen molar-refractivity contribution in [2.45, 2.75) is 45.6 Å². The number of aromatic nitrogens is 1. The molecule has 0 bridgehead atoms. The lowest BCUT2D eigenvalue weighted by Crippen LogP contribution is -2.36. The van der Waals surface area contributed by atoms with Gasteiger partial charge in [-0.2, -0.15) is 0 Å². The number of nitrogens with zero attached hydrogens (tertiary/aromatic N) is 2. The quantitative estimate of drug-likeness (QED) is 0.854. The third-order valence-corrected chi connectivity index (χ3v) is 3.95. The number of nitrogens with two attached hydrogens (primary N) is 1. The largest absolute Gasteiger partial charge is 0.397 e. The van der Waals surface area contributed by atoms with Crippen molar-refractivity contribution in [2.24, 2.45) is 5.92 Å². The van der Waals surface area contributed by atoms with Gasteiger partial charge in [-0.1, -0.05) is 19.8 Å². The maximum atomic E-state index is 5.81. The minimum absolute atomic E-state index is 0.634. The fourth-order valence-electron chi connectivity index (χ4n) is 2.69. The zero-order valence-corrected chi connectivity index (χ0v) is 11.1. The Balaban J connectivity index is 2.12. The van der Waals surface area contributed by atoms with Crippen molar-refractivity contribution in [2.75, 3.05) is 17.7 Å². The molecule has 1 aliphatic carbocycles. The molecular formula is C14H23N3. The van der Waals surface area contributed by atoms with Crippen LogP contribution in [0.25, 0.3) is 0 Å². The van der Waals surface area contributed by atoms with Crippen molar-refractivity contribution in [3.05, 3.63) is 17.8 Å². The molecule has 1 saturated carbocycles. The standard InChI is InChI=1S/C14H23N3/c1-10-5-4-6-12(7-10)17(3)14-8-11(2)13(15)9-16-14/h8-10,12H,4-7,15H2,1-3H3. The van der Waals surface area contributed by atoms with Crippen molar-refractivity contribution in [1.29, 1.82) is 0 Å². The zero-order chi connectivity index (χ0) is 12.4. The van der Waals surface area contributed by atoms with E-state index in [-0.39, 0.29) is 0 Å². The second kappa shape index (κ2) is 4.94. The Labute approximate surface area is 104 Å². The number of hydrogen-bond acceptors (Lipinski definition) is 3. The summed E-state index contributed by atoms with van der Waals surface area (Å²) >= 11 is 0. The summed E-state index contributed by atoms with van der Waals surface area (Å²) in [7, 11) is 2.15. The van der Waals surface area contributed by atoms with Crippen molar-refractivity contribution >= 4 is 11.5 Å². The van der Waals surface area contributed by atoms with Gasteiger partial charge in [0.2, 0.25) is 0 Å². The molecule has 17 heavy (non-hydrogen) atoms. The summed E-state index contributed by atoms with van der Waals surface area (Å²) in [6.07, 6.45) is 7.05. The third-order valence-electron chi connectivity index (χ3n) is 3.95. The van der Waals surface area contributed by atoms with E-state index in [1.165, 1.54) is 25.7 Å². The van der Waals surface area contributed by atoms with Gasteiger partial charge in [0.15, 0.2) is 0 Å². The van der Waals surface area contributed by atoms with Gasteiger partial charge in [0, 0.05) is 13.1 Å². The van der Waals surface area contributed by atoms with Gasteiger partial charge in [-0.15, -0.1) is 0 Å². The van der Waals surface area contributed by atoms with E-state index in [0.717, 1.165) is 23.0 Å². The SMILES string of the molecule is Cc1cc(N(C)C2CCCC(C)C2)ncc1N. The normalized spacial score (nSPS) is 24.6. The molecule has 2 unspecified atom stereocenters. The lowest BCUT2D eigenvalue weighted by Gasteiger charge is -2.35. The average molecular weight is 233 g/mol. The minimum Gasteiger partial charge on any atom is -0.397 e. The number of pyridine rings is 1. The van der Waals surface area contributed by atoms with Crippen LogP contribution < -0.4 is 10.6 Å². The molecule has 0 amide bonds. The molecular weight excluding hydrogens is 210 g/mol. The van der Waals surface area contributed by atoms with E-state index in [4.69, 9.17) is 5.73 Å². The molecule has 0 spiro atoms. The smallest absolute Gasteiger partial charge is 0.128 e. The molecule has 2 rings (SSSR count). The lowest BCUT2D eigenvalue weighted by molar-refractivity contribution is 0.335. The predicted octanol–water partition coefficient (Wildman–Crippen LogP) is 2.99. The van der Waals surface area contributed by atoms with Gasteiger partial charge in [-0.3, -0.25) is 0 Å². The molecule has 2 atom stereocenters. The number of rotatable bonds is 2. The van der Waals surface area contributed by atoms with Gasteiger partial charge in [0.1, 0.15) is 5.82 Å². The Bertz CT molecular complexity index is 389. The van der Waals surface area contributed by atoms with E-state index >= 15 is 0 Å². The fraction of sp³-hybridized carbons (Fsp3) is 0.643. The molecule has 0 radical (unpaired) electrons. The van der Waals surface area contributed by atoms with Gasteiger partial charge in [0.25, 0.3) is 0 Å². The van der Waals surface area contributed by atoms with Crippen molar-refractivity contribution < 1.29 is 0 Å².